The van der Waals surface area contributed by atoms with Crippen molar-refractivity contribution >= 4 is 29.3 Å². The van der Waals surface area contributed by atoms with Gasteiger partial charge in [-0.2, -0.15) is 4.98 Å². The molecule has 3 amide bonds. The number of oxazole rings is 1. The summed E-state index contributed by atoms with van der Waals surface area (Å²) in [6.07, 6.45) is 4.29. The molecule has 9 nitrogen and oxygen atoms in total. The monoisotopic (exact) mass is 368 g/mol. The van der Waals surface area contributed by atoms with Gasteiger partial charge >= 0.3 is 6.03 Å². The molecule has 2 fully saturated rings. The molecule has 0 aromatic carbocycles. The number of aromatic nitrogens is 2. The highest BCUT2D eigenvalue weighted by molar-refractivity contribution is 6.05. The van der Waals surface area contributed by atoms with Crippen LogP contribution in [0.3, 0.4) is 0 Å². The molecule has 1 aliphatic carbocycles. The average molecular weight is 368 g/mol. The highest BCUT2D eigenvalue weighted by Gasteiger charge is 2.40. The summed E-state index contributed by atoms with van der Waals surface area (Å²) in [6.45, 7) is 3.33. The third-order valence-electron chi connectivity index (χ3n) is 5.17. The topological polar surface area (TPSA) is 104 Å². The summed E-state index contributed by atoms with van der Waals surface area (Å²) in [5, 5.41) is 5.72. The van der Waals surface area contributed by atoms with Gasteiger partial charge in [-0.1, -0.05) is 0 Å². The quantitative estimate of drug-likeness (QED) is 0.858. The maximum atomic E-state index is 13.0. The van der Waals surface area contributed by atoms with Gasteiger partial charge in [0.1, 0.15) is 12.0 Å². The number of fused-ring (bicyclic) bond motifs is 4. The van der Waals surface area contributed by atoms with Crippen molar-refractivity contribution in [3.05, 3.63) is 30.0 Å². The van der Waals surface area contributed by atoms with Gasteiger partial charge in [0.2, 0.25) is 0 Å². The Hall–Kier alpha value is -3.10. The van der Waals surface area contributed by atoms with Gasteiger partial charge in [-0.3, -0.25) is 15.0 Å². The van der Waals surface area contributed by atoms with Crippen molar-refractivity contribution in [1.82, 2.24) is 15.3 Å². The van der Waals surface area contributed by atoms with Crippen LogP contribution in [0.4, 0.5) is 22.1 Å². The van der Waals surface area contributed by atoms with Crippen molar-refractivity contribution in [2.45, 2.75) is 38.3 Å². The zero-order valence-corrected chi connectivity index (χ0v) is 14.9. The van der Waals surface area contributed by atoms with Crippen molar-refractivity contribution < 1.29 is 14.0 Å². The first kappa shape index (κ1) is 16.1. The fraction of sp³-hybridized carbons (Fsp3) is 0.444. The summed E-state index contributed by atoms with van der Waals surface area (Å²) < 4.78 is 5.16. The van der Waals surface area contributed by atoms with Gasteiger partial charge in [0.05, 0.1) is 11.7 Å². The molecule has 3 aliphatic rings. The second-order valence-electron chi connectivity index (χ2n) is 7.23. The Labute approximate surface area is 155 Å². The van der Waals surface area contributed by atoms with E-state index in [-0.39, 0.29) is 24.0 Å². The zero-order chi connectivity index (χ0) is 18.5. The molecule has 1 atom stereocenters. The Morgan fingerprint density at radius 2 is 2.07 bits per heavy atom. The molecule has 9 heteroatoms. The van der Waals surface area contributed by atoms with E-state index in [4.69, 9.17) is 4.42 Å². The number of pyridine rings is 1. The van der Waals surface area contributed by atoms with E-state index in [0.717, 1.165) is 38.0 Å². The van der Waals surface area contributed by atoms with Gasteiger partial charge in [-0.25, -0.2) is 9.78 Å². The van der Waals surface area contributed by atoms with Gasteiger partial charge in [0, 0.05) is 26.1 Å². The summed E-state index contributed by atoms with van der Waals surface area (Å²) in [5.41, 5.74) is 1.21. The molecule has 1 saturated heterocycles. The summed E-state index contributed by atoms with van der Waals surface area (Å²) in [7, 11) is 0. The standard InChI is InChI=1S/C18H20N6O3/c1-10-19-15(9-27-10)22-18(26)24-12-6-7-23(8-12)14-5-4-13(21-16(14)24)17(25)20-11-2-3-11/h4-5,9,11-12H,2-3,6-8H2,1H3,(H,20,25)(H,22,26). The maximum Gasteiger partial charge on any atom is 0.329 e. The van der Waals surface area contributed by atoms with E-state index < -0.39 is 0 Å². The van der Waals surface area contributed by atoms with Crippen LogP contribution in [0.2, 0.25) is 0 Å². The molecule has 2 bridgehead atoms. The summed E-state index contributed by atoms with van der Waals surface area (Å²) >= 11 is 0. The Bertz CT molecular complexity index is 922. The predicted molar refractivity (Wildman–Crippen MR) is 98.1 cm³/mol. The molecular weight excluding hydrogens is 348 g/mol. The Morgan fingerprint density at radius 3 is 2.81 bits per heavy atom. The van der Waals surface area contributed by atoms with Crippen molar-refractivity contribution in [3.8, 4) is 0 Å². The van der Waals surface area contributed by atoms with Crippen molar-refractivity contribution in [1.29, 1.82) is 0 Å². The lowest BCUT2D eigenvalue weighted by atomic mass is 10.1. The lowest BCUT2D eigenvalue weighted by Gasteiger charge is -2.35. The van der Waals surface area contributed by atoms with Gasteiger partial charge in [-0.15, -0.1) is 0 Å². The maximum absolute atomic E-state index is 13.0. The molecular formula is C18H20N6O3. The number of nitrogens with one attached hydrogen (secondary N) is 2. The summed E-state index contributed by atoms with van der Waals surface area (Å²) in [4.78, 5) is 37.9. The molecule has 0 radical (unpaired) electrons. The summed E-state index contributed by atoms with van der Waals surface area (Å²) in [5.74, 6) is 1.17. The number of nitrogens with zero attached hydrogens (tertiary/aromatic N) is 4. The van der Waals surface area contributed by atoms with E-state index >= 15 is 0 Å². The van der Waals surface area contributed by atoms with Crippen LogP contribution in [0, 0.1) is 6.92 Å². The number of aryl methyl sites for hydroxylation is 1. The van der Waals surface area contributed by atoms with E-state index in [1.165, 1.54) is 6.26 Å². The number of carbonyl (C=O) groups excluding carboxylic acids is 2. The molecule has 1 saturated carbocycles. The molecule has 2 aliphatic heterocycles. The Kier molecular flexibility index (Phi) is 3.56. The summed E-state index contributed by atoms with van der Waals surface area (Å²) in [6, 6.07) is 3.56. The van der Waals surface area contributed by atoms with Crippen LogP contribution in [0.25, 0.3) is 0 Å². The molecule has 27 heavy (non-hydrogen) atoms. The molecule has 5 rings (SSSR count). The van der Waals surface area contributed by atoms with E-state index in [1.807, 2.05) is 6.07 Å². The molecule has 2 aromatic heterocycles. The minimum Gasteiger partial charge on any atom is -0.447 e. The molecule has 2 N–H and O–H groups in total. The number of carbonyl (C=O) groups is 2. The SMILES string of the molecule is Cc1nc(NC(=O)N2c3nc(C(=O)NC4CC4)ccc3N3CCC2C3)co1. The smallest absolute Gasteiger partial charge is 0.329 e. The van der Waals surface area contributed by atoms with Crippen LogP contribution in [-0.4, -0.2) is 47.1 Å². The highest BCUT2D eigenvalue weighted by Crippen LogP contribution is 2.39. The van der Waals surface area contributed by atoms with Crippen molar-refractivity contribution in [2.24, 2.45) is 0 Å². The molecule has 2 aromatic rings. The molecule has 140 valence electrons. The minimum absolute atomic E-state index is 0.0136. The van der Waals surface area contributed by atoms with Crippen LogP contribution < -0.4 is 20.4 Å². The van der Waals surface area contributed by atoms with Gasteiger partial charge in [0.15, 0.2) is 17.5 Å². The van der Waals surface area contributed by atoms with E-state index in [0.29, 0.717) is 23.2 Å². The van der Waals surface area contributed by atoms with Crippen LogP contribution in [0.5, 0.6) is 0 Å². The number of hydrogen-bond donors (Lipinski definition) is 2. The third-order valence-corrected chi connectivity index (χ3v) is 5.17. The minimum atomic E-state index is -0.316. The molecule has 1 unspecified atom stereocenters. The first-order chi connectivity index (χ1) is 13.1. The van der Waals surface area contributed by atoms with Crippen LogP contribution >= 0.6 is 0 Å². The highest BCUT2D eigenvalue weighted by atomic mass is 16.3. The third kappa shape index (κ3) is 2.88. The average Bonchev–Trinajstić information content (AvgIpc) is 3.23. The van der Waals surface area contributed by atoms with E-state index in [2.05, 4.69) is 25.5 Å². The Balaban J connectivity index is 1.47. The predicted octanol–water partition coefficient (Wildman–Crippen LogP) is 1.90. The fourth-order valence-electron chi connectivity index (χ4n) is 3.68. The number of hydrogen-bond acceptors (Lipinski definition) is 6. The van der Waals surface area contributed by atoms with E-state index in [1.54, 1.807) is 17.9 Å². The number of rotatable bonds is 3. The molecule has 4 heterocycles. The fourth-order valence-corrected chi connectivity index (χ4v) is 3.68. The first-order valence-electron chi connectivity index (χ1n) is 9.18. The number of amides is 3. The van der Waals surface area contributed by atoms with Crippen LogP contribution in [0.15, 0.2) is 22.8 Å². The second-order valence-corrected chi connectivity index (χ2v) is 7.23. The largest absolute Gasteiger partial charge is 0.447 e. The number of anilines is 3. The first-order valence-corrected chi connectivity index (χ1v) is 9.18. The normalized spacial score (nSPS) is 20.4. The van der Waals surface area contributed by atoms with Gasteiger partial charge < -0.3 is 14.6 Å². The zero-order valence-electron chi connectivity index (χ0n) is 14.9. The van der Waals surface area contributed by atoms with Crippen LogP contribution in [-0.2, 0) is 0 Å². The molecule has 0 spiro atoms. The lowest BCUT2D eigenvalue weighted by Crippen LogP contribution is -2.48. The second kappa shape index (κ2) is 5.97. The van der Waals surface area contributed by atoms with E-state index in [9.17, 15) is 9.59 Å². The lowest BCUT2D eigenvalue weighted by molar-refractivity contribution is 0.0946. The number of urea groups is 1. The van der Waals surface area contributed by atoms with Crippen LogP contribution in [0.1, 0.15) is 35.6 Å². The van der Waals surface area contributed by atoms with Crippen molar-refractivity contribution in [2.75, 3.05) is 28.2 Å². The van der Waals surface area contributed by atoms with Gasteiger partial charge in [0.25, 0.3) is 5.91 Å². The van der Waals surface area contributed by atoms with Crippen molar-refractivity contribution in [3.63, 3.8) is 0 Å². The van der Waals surface area contributed by atoms with Gasteiger partial charge in [-0.05, 0) is 31.4 Å². The Morgan fingerprint density at radius 1 is 1.22 bits per heavy atom.